The molecule has 124 valence electrons. The minimum absolute atomic E-state index is 0.494. The van der Waals surface area contributed by atoms with Gasteiger partial charge in [-0.25, -0.2) is 0 Å². The molecule has 0 bridgehead atoms. The summed E-state index contributed by atoms with van der Waals surface area (Å²) in [5.41, 5.74) is 0.987. The van der Waals surface area contributed by atoms with Gasteiger partial charge < -0.3 is 5.32 Å². The smallest absolute Gasteiger partial charge is 0.0108 e. The second-order valence-corrected chi connectivity index (χ2v) is 9.55. The van der Waals surface area contributed by atoms with Crippen LogP contribution in [0.4, 0.5) is 0 Å². The predicted octanol–water partition coefficient (Wildman–Crippen LogP) is 4.30. The molecule has 1 aliphatic carbocycles. The van der Waals surface area contributed by atoms with Crippen LogP contribution in [0.1, 0.15) is 73.6 Å². The molecule has 2 nitrogen and oxygen atoms in total. The zero-order valence-corrected chi connectivity index (χ0v) is 15.3. The third kappa shape index (κ3) is 4.96. The second-order valence-electron chi connectivity index (χ2n) is 9.55. The molecule has 0 amide bonds. The standard InChI is InChI=1S/C19H38N2/c1-15(2)21(13-16-7-9-20-10-8-16)17-11-18(3,4)14-19(5,6)12-17/h15-17,20H,7-14H2,1-6H3. The summed E-state index contributed by atoms with van der Waals surface area (Å²) in [6.07, 6.45) is 6.85. The number of nitrogens with one attached hydrogen (secondary N) is 1. The lowest BCUT2D eigenvalue weighted by atomic mass is 9.63. The topological polar surface area (TPSA) is 15.3 Å². The van der Waals surface area contributed by atoms with Crippen LogP contribution in [0, 0.1) is 16.7 Å². The molecule has 0 atom stereocenters. The number of hydrogen-bond acceptors (Lipinski definition) is 2. The van der Waals surface area contributed by atoms with E-state index in [1.54, 1.807) is 0 Å². The van der Waals surface area contributed by atoms with Gasteiger partial charge in [0.1, 0.15) is 0 Å². The summed E-state index contributed by atoms with van der Waals surface area (Å²) in [5, 5.41) is 3.50. The molecule has 1 aliphatic heterocycles. The van der Waals surface area contributed by atoms with Gasteiger partial charge in [0, 0.05) is 18.6 Å². The third-order valence-electron chi connectivity index (χ3n) is 5.59. The maximum Gasteiger partial charge on any atom is 0.0108 e. The summed E-state index contributed by atoms with van der Waals surface area (Å²) in [6, 6.07) is 1.45. The first kappa shape index (κ1) is 17.3. The maximum atomic E-state index is 3.50. The fourth-order valence-corrected chi connectivity index (χ4v) is 5.17. The van der Waals surface area contributed by atoms with E-state index in [-0.39, 0.29) is 0 Å². The molecule has 21 heavy (non-hydrogen) atoms. The maximum absolute atomic E-state index is 3.50. The molecule has 2 fully saturated rings. The fourth-order valence-electron chi connectivity index (χ4n) is 5.17. The lowest BCUT2D eigenvalue weighted by Crippen LogP contribution is -2.51. The Hall–Kier alpha value is -0.0800. The number of nitrogens with zero attached hydrogens (tertiary/aromatic N) is 1. The molecule has 2 heteroatoms. The van der Waals surface area contributed by atoms with Crippen molar-refractivity contribution in [3.8, 4) is 0 Å². The van der Waals surface area contributed by atoms with Crippen LogP contribution >= 0.6 is 0 Å². The van der Waals surface area contributed by atoms with Crippen LogP contribution in [0.15, 0.2) is 0 Å². The Labute approximate surface area is 133 Å². The average molecular weight is 295 g/mol. The van der Waals surface area contributed by atoms with Gasteiger partial charge in [0.2, 0.25) is 0 Å². The monoisotopic (exact) mass is 294 g/mol. The molecular formula is C19H38N2. The normalized spacial score (nSPS) is 27.4. The van der Waals surface area contributed by atoms with Crippen molar-refractivity contribution in [1.82, 2.24) is 10.2 Å². The number of hydrogen-bond donors (Lipinski definition) is 1. The van der Waals surface area contributed by atoms with Crippen molar-refractivity contribution in [2.75, 3.05) is 19.6 Å². The molecule has 0 aromatic carbocycles. The van der Waals surface area contributed by atoms with Gasteiger partial charge >= 0.3 is 0 Å². The van der Waals surface area contributed by atoms with E-state index < -0.39 is 0 Å². The quantitative estimate of drug-likeness (QED) is 0.831. The third-order valence-corrected chi connectivity index (χ3v) is 5.59. The summed E-state index contributed by atoms with van der Waals surface area (Å²) in [5.74, 6) is 0.904. The van der Waals surface area contributed by atoms with Gasteiger partial charge in [-0.3, -0.25) is 4.90 Å². The number of rotatable bonds is 4. The van der Waals surface area contributed by atoms with Crippen LogP contribution < -0.4 is 5.32 Å². The molecule has 1 N–H and O–H groups in total. The summed E-state index contributed by atoms with van der Waals surface area (Å²) in [6.45, 7) is 18.5. The van der Waals surface area contributed by atoms with E-state index in [1.165, 1.54) is 51.7 Å². The van der Waals surface area contributed by atoms with Crippen LogP contribution in [0.25, 0.3) is 0 Å². The largest absolute Gasteiger partial charge is 0.317 e. The van der Waals surface area contributed by atoms with Gasteiger partial charge in [-0.05, 0) is 75.8 Å². The van der Waals surface area contributed by atoms with E-state index in [0.29, 0.717) is 16.9 Å². The van der Waals surface area contributed by atoms with Gasteiger partial charge in [0.05, 0.1) is 0 Å². The van der Waals surface area contributed by atoms with E-state index in [1.807, 2.05) is 0 Å². The first-order valence-electron chi connectivity index (χ1n) is 9.15. The van der Waals surface area contributed by atoms with Crippen molar-refractivity contribution in [2.45, 2.75) is 85.7 Å². The van der Waals surface area contributed by atoms with E-state index in [9.17, 15) is 0 Å². The SMILES string of the molecule is CC(C)N(CC1CCNCC1)C1CC(C)(C)CC(C)(C)C1. The molecule has 0 aromatic heterocycles. The Morgan fingerprint density at radius 1 is 1.00 bits per heavy atom. The fraction of sp³-hybridized carbons (Fsp3) is 1.00. The van der Waals surface area contributed by atoms with Crippen molar-refractivity contribution >= 4 is 0 Å². The van der Waals surface area contributed by atoms with Gasteiger partial charge in [0.25, 0.3) is 0 Å². The van der Waals surface area contributed by atoms with Crippen molar-refractivity contribution in [3.63, 3.8) is 0 Å². The molecule has 0 radical (unpaired) electrons. The van der Waals surface area contributed by atoms with Crippen molar-refractivity contribution in [1.29, 1.82) is 0 Å². The molecular weight excluding hydrogens is 256 g/mol. The second kappa shape index (κ2) is 6.58. The summed E-state index contributed by atoms with van der Waals surface area (Å²) < 4.78 is 0. The summed E-state index contributed by atoms with van der Waals surface area (Å²) >= 11 is 0. The Morgan fingerprint density at radius 2 is 1.52 bits per heavy atom. The molecule has 1 saturated heterocycles. The van der Waals surface area contributed by atoms with E-state index in [2.05, 4.69) is 51.8 Å². The zero-order chi connectivity index (χ0) is 15.7. The van der Waals surface area contributed by atoms with Crippen LogP contribution in [-0.2, 0) is 0 Å². The van der Waals surface area contributed by atoms with E-state index >= 15 is 0 Å². The molecule has 1 saturated carbocycles. The van der Waals surface area contributed by atoms with Gasteiger partial charge in [-0.15, -0.1) is 0 Å². The minimum atomic E-state index is 0.494. The van der Waals surface area contributed by atoms with Gasteiger partial charge in [-0.2, -0.15) is 0 Å². The van der Waals surface area contributed by atoms with E-state index in [4.69, 9.17) is 0 Å². The minimum Gasteiger partial charge on any atom is -0.317 e. The lowest BCUT2D eigenvalue weighted by molar-refractivity contribution is 0.00134. The highest BCUT2D eigenvalue weighted by Crippen LogP contribution is 2.47. The Morgan fingerprint density at radius 3 is 2.00 bits per heavy atom. The highest BCUT2D eigenvalue weighted by atomic mass is 15.2. The van der Waals surface area contributed by atoms with Gasteiger partial charge in [-0.1, -0.05) is 27.7 Å². The summed E-state index contributed by atoms with van der Waals surface area (Å²) in [4.78, 5) is 2.85. The van der Waals surface area contributed by atoms with Crippen LogP contribution in [0.3, 0.4) is 0 Å². The Bertz CT molecular complexity index is 310. The predicted molar refractivity (Wildman–Crippen MR) is 92.6 cm³/mol. The molecule has 2 rings (SSSR count). The van der Waals surface area contributed by atoms with Gasteiger partial charge in [0.15, 0.2) is 0 Å². The van der Waals surface area contributed by atoms with Crippen molar-refractivity contribution in [2.24, 2.45) is 16.7 Å². The first-order chi connectivity index (χ1) is 9.69. The molecule has 1 heterocycles. The van der Waals surface area contributed by atoms with E-state index in [0.717, 1.165) is 12.0 Å². The van der Waals surface area contributed by atoms with Crippen molar-refractivity contribution < 1.29 is 0 Å². The molecule has 0 unspecified atom stereocenters. The Kier molecular flexibility index (Phi) is 5.41. The van der Waals surface area contributed by atoms with Crippen LogP contribution in [0.2, 0.25) is 0 Å². The highest BCUT2D eigenvalue weighted by Gasteiger charge is 2.41. The lowest BCUT2D eigenvalue weighted by Gasteiger charge is -2.50. The molecule has 0 spiro atoms. The first-order valence-corrected chi connectivity index (χ1v) is 9.15. The highest BCUT2D eigenvalue weighted by molar-refractivity contribution is 4.94. The number of piperidine rings is 1. The van der Waals surface area contributed by atoms with Crippen LogP contribution in [0.5, 0.6) is 0 Å². The average Bonchev–Trinajstić information content (AvgIpc) is 2.33. The summed E-state index contributed by atoms with van der Waals surface area (Å²) in [7, 11) is 0. The van der Waals surface area contributed by atoms with Crippen molar-refractivity contribution in [3.05, 3.63) is 0 Å². The molecule has 2 aliphatic rings. The molecule has 0 aromatic rings. The zero-order valence-electron chi connectivity index (χ0n) is 15.3. The Balaban J connectivity index is 2.05. The van der Waals surface area contributed by atoms with Crippen LogP contribution in [-0.4, -0.2) is 36.6 Å².